The molecular formula is C31H44N4O3. The Bertz CT molecular complexity index is 1080. The van der Waals surface area contributed by atoms with Crippen LogP contribution in [-0.4, -0.2) is 85.1 Å². The molecule has 1 aliphatic carbocycles. The molecule has 2 aliphatic heterocycles. The number of carbonyl (C=O) groups excluding carboxylic acids is 1. The van der Waals surface area contributed by atoms with Crippen LogP contribution in [0, 0.1) is 6.92 Å². The number of ether oxygens (including phenoxy) is 2. The zero-order chi connectivity index (χ0) is 26.5. The molecule has 1 aromatic heterocycles. The van der Waals surface area contributed by atoms with Crippen molar-refractivity contribution in [2.75, 3.05) is 53.5 Å². The molecule has 0 unspecified atom stereocenters. The molecular weight excluding hydrogens is 476 g/mol. The van der Waals surface area contributed by atoms with Gasteiger partial charge in [-0.2, -0.15) is 0 Å². The van der Waals surface area contributed by atoms with Crippen molar-refractivity contribution in [3.63, 3.8) is 0 Å². The third-order valence-electron chi connectivity index (χ3n) is 8.84. The molecule has 0 N–H and O–H groups in total. The lowest BCUT2D eigenvalue weighted by Crippen LogP contribution is -2.52. The summed E-state index contributed by atoms with van der Waals surface area (Å²) in [5.74, 6) is 2.22. The van der Waals surface area contributed by atoms with E-state index in [0.717, 1.165) is 98.7 Å². The van der Waals surface area contributed by atoms with E-state index in [-0.39, 0.29) is 5.91 Å². The van der Waals surface area contributed by atoms with Gasteiger partial charge in [-0.3, -0.25) is 19.6 Å². The van der Waals surface area contributed by atoms with E-state index < -0.39 is 0 Å². The average molecular weight is 521 g/mol. The van der Waals surface area contributed by atoms with Gasteiger partial charge in [-0.25, -0.2) is 0 Å². The van der Waals surface area contributed by atoms with Crippen LogP contribution in [0.4, 0.5) is 0 Å². The number of aryl methyl sites for hydroxylation is 1. The summed E-state index contributed by atoms with van der Waals surface area (Å²) in [6.07, 6.45) is 8.73. The summed E-state index contributed by atoms with van der Waals surface area (Å²) in [6.45, 7) is 8.43. The number of nitrogens with zero attached hydrogens (tertiary/aromatic N) is 4. The minimum absolute atomic E-state index is 0.166. The van der Waals surface area contributed by atoms with Crippen LogP contribution in [0.15, 0.2) is 30.3 Å². The van der Waals surface area contributed by atoms with Crippen molar-refractivity contribution in [1.29, 1.82) is 0 Å². The van der Waals surface area contributed by atoms with Crippen molar-refractivity contribution in [3.8, 4) is 11.5 Å². The molecule has 7 heteroatoms. The van der Waals surface area contributed by atoms with E-state index in [2.05, 4.69) is 20.8 Å². The zero-order valence-corrected chi connectivity index (χ0v) is 23.5. The van der Waals surface area contributed by atoms with E-state index in [1.807, 2.05) is 31.2 Å². The molecule has 1 amide bonds. The highest BCUT2D eigenvalue weighted by Gasteiger charge is 2.31. The van der Waals surface area contributed by atoms with E-state index in [9.17, 15) is 4.79 Å². The van der Waals surface area contributed by atoms with Crippen molar-refractivity contribution < 1.29 is 14.3 Å². The van der Waals surface area contributed by atoms with Crippen LogP contribution in [0.2, 0.25) is 0 Å². The molecule has 206 valence electrons. The van der Waals surface area contributed by atoms with Gasteiger partial charge in [0, 0.05) is 55.9 Å². The smallest absolute Gasteiger partial charge is 0.255 e. The molecule has 1 aromatic carbocycles. The number of hydrogen-bond acceptors (Lipinski definition) is 6. The Morgan fingerprint density at radius 2 is 1.63 bits per heavy atom. The highest BCUT2D eigenvalue weighted by atomic mass is 16.5. The average Bonchev–Trinajstić information content (AvgIpc) is 2.97. The lowest BCUT2D eigenvalue weighted by Gasteiger charge is -2.41. The number of hydrogen-bond donors (Lipinski definition) is 0. The molecule has 2 saturated heterocycles. The summed E-state index contributed by atoms with van der Waals surface area (Å²) >= 11 is 0. The van der Waals surface area contributed by atoms with Crippen LogP contribution in [0.1, 0.15) is 78.2 Å². The second kappa shape index (κ2) is 12.5. The first-order chi connectivity index (χ1) is 18.6. The minimum atomic E-state index is 0.166. The van der Waals surface area contributed by atoms with Crippen molar-refractivity contribution >= 4 is 5.91 Å². The lowest BCUT2D eigenvalue weighted by molar-refractivity contribution is 0.0520. The maximum atomic E-state index is 13.7. The Kier molecular flexibility index (Phi) is 8.85. The Morgan fingerprint density at radius 3 is 2.32 bits per heavy atom. The van der Waals surface area contributed by atoms with Gasteiger partial charge in [-0.15, -0.1) is 0 Å². The summed E-state index contributed by atoms with van der Waals surface area (Å²) in [5, 5.41) is 0. The summed E-state index contributed by atoms with van der Waals surface area (Å²) in [5.41, 5.74) is 3.95. The summed E-state index contributed by atoms with van der Waals surface area (Å²) in [4.78, 5) is 25.8. The van der Waals surface area contributed by atoms with Gasteiger partial charge in [0.05, 0.1) is 25.5 Å². The van der Waals surface area contributed by atoms with Gasteiger partial charge in [0.15, 0.2) is 0 Å². The zero-order valence-electron chi connectivity index (χ0n) is 23.5. The standard InChI is InChI=1S/C31H44N4O3/c1-23-9-11-28(31(36)35-19-17-34(18-20-35)26-7-5-4-6-8-26)30(32-23)24-13-15-33(16-14-24)22-25-21-27(37-2)10-12-29(25)38-3/h9-12,21,24,26H,4-8,13-20,22H2,1-3H3. The fourth-order valence-corrected chi connectivity index (χ4v) is 6.59. The third kappa shape index (κ3) is 6.15. The molecule has 2 aromatic rings. The number of aromatic nitrogens is 1. The van der Waals surface area contributed by atoms with Gasteiger partial charge in [0.2, 0.25) is 0 Å². The fraction of sp³-hybridized carbons (Fsp3) is 0.613. The number of rotatable bonds is 7. The molecule has 0 spiro atoms. The number of benzene rings is 1. The van der Waals surface area contributed by atoms with Gasteiger partial charge in [-0.1, -0.05) is 19.3 Å². The van der Waals surface area contributed by atoms with Crippen LogP contribution in [0.3, 0.4) is 0 Å². The monoisotopic (exact) mass is 520 g/mol. The molecule has 0 bridgehead atoms. The first kappa shape index (κ1) is 26.9. The van der Waals surface area contributed by atoms with Gasteiger partial charge in [-0.05, 0) is 76.0 Å². The molecule has 3 fully saturated rings. The maximum absolute atomic E-state index is 13.7. The van der Waals surface area contributed by atoms with Crippen LogP contribution in [0.5, 0.6) is 11.5 Å². The highest BCUT2D eigenvalue weighted by Crippen LogP contribution is 2.33. The molecule has 3 heterocycles. The molecule has 3 aliphatic rings. The van der Waals surface area contributed by atoms with E-state index in [0.29, 0.717) is 5.92 Å². The normalized spacial score (nSPS) is 20.4. The predicted octanol–water partition coefficient (Wildman–Crippen LogP) is 4.88. The Morgan fingerprint density at radius 1 is 0.895 bits per heavy atom. The van der Waals surface area contributed by atoms with E-state index in [4.69, 9.17) is 14.5 Å². The van der Waals surface area contributed by atoms with E-state index in [1.54, 1.807) is 14.2 Å². The predicted molar refractivity (Wildman–Crippen MR) is 150 cm³/mol. The quantitative estimate of drug-likeness (QED) is 0.519. The Balaban J connectivity index is 1.22. The van der Waals surface area contributed by atoms with Crippen molar-refractivity contribution in [1.82, 2.24) is 19.7 Å². The highest BCUT2D eigenvalue weighted by molar-refractivity contribution is 5.95. The molecule has 7 nitrogen and oxygen atoms in total. The summed E-state index contributed by atoms with van der Waals surface area (Å²) in [6, 6.07) is 10.7. The topological polar surface area (TPSA) is 58.1 Å². The largest absolute Gasteiger partial charge is 0.497 e. The van der Waals surface area contributed by atoms with Gasteiger partial charge >= 0.3 is 0 Å². The first-order valence-corrected chi connectivity index (χ1v) is 14.5. The van der Waals surface area contributed by atoms with Gasteiger partial charge < -0.3 is 14.4 Å². The molecule has 0 atom stereocenters. The van der Waals surface area contributed by atoms with Crippen molar-refractivity contribution in [2.45, 2.75) is 70.4 Å². The number of piperazine rings is 1. The fourth-order valence-electron chi connectivity index (χ4n) is 6.59. The SMILES string of the molecule is COc1ccc(OC)c(CN2CCC(c3nc(C)ccc3C(=O)N3CCN(C4CCCCC4)CC3)CC2)c1. The number of methoxy groups -OCH3 is 2. The molecule has 1 saturated carbocycles. The molecule has 5 rings (SSSR count). The number of piperidine rings is 1. The minimum Gasteiger partial charge on any atom is -0.497 e. The lowest BCUT2D eigenvalue weighted by atomic mass is 9.89. The van der Waals surface area contributed by atoms with Crippen molar-refractivity contribution in [2.24, 2.45) is 0 Å². The maximum Gasteiger partial charge on any atom is 0.255 e. The third-order valence-corrected chi connectivity index (χ3v) is 8.84. The van der Waals surface area contributed by atoms with Crippen LogP contribution in [0.25, 0.3) is 0 Å². The van der Waals surface area contributed by atoms with Crippen LogP contribution < -0.4 is 9.47 Å². The number of pyridine rings is 1. The van der Waals surface area contributed by atoms with Gasteiger partial charge in [0.1, 0.15) is 11.5 Å². The number of carbonyl (C=O) groups is 1. The van der Waals surface area contributed by atoms with Gasteiger partial charge in [0.25, 0.3) is 5.91 Å². The van der Waals surface area contributed by atoms with E-state index >= 15 is 0 Å². The Labute approximate surface area is 228 Å². The van der Waals surface area contributed by atoms with E-state index in [1.165, 1.54) is 32.1 Å². The first-order valence-electron chi connectivity index (χ1n) is 14.5. The second-order valence-corrected chi connectivity index (χ2v) is 11.2. The van der Waals surface area contributed by atoms with Crippen LogP contribution in [-0.2, 0) is 6.54 Å². The second-order valence-electron chi connectivity index (χ2n) is 11.2. The van der Waals surface area contributed by atoms with Crippen LogP contribution >= 0.6 is 0 Å². The summed E-state index contributed by atoms with van der Waals surface area (Å²) < 4.78 is 11.0. The molecule has 0 radical (unpaired) electrons. The molecule has 38 heavy (non-hydrogen) atoms. The summed E-state index contributed by atoms with van der Waals surface area (Å²) in [7, 11) is 3.41. The van der Waals surface area contributed by atoms with Crippen molar-refractivity contribution in [3.05, 3.63) is 52.8 Å². The Hall–Kier alpha value is -2.64. The number of amides is 1. The number of likely N-dealkylation sites (tertiary alicyclic amines) is 1.